The fourth-order valence-electron chi connectivity index (χ4n) is 1.88. The van der Waals surface area contributed by atoms with E-state index in [0.717, 1.165) is 28.0 Å². The van der Waals surface area contributed by atoms with Crippen LogP contribution in [0.1, 0.15) is 11.1 Å². The molecule has 1 aliphatic heterocycles. The molecule has 0 unspecified atom stereocenters. The Bertz CT molecular complexity index is 722. The Hall–Kier alpha value is -1.68. The van der Waals surface area contributed by atoms with Crippen molar-refractivity contribution in [1.29, 1.82) is 0 Å². The molecule has 0 aliphatic carbocycles. The summed E-state index contributed by atoms with van der Waals surface area (Å²) in [6.07, 6.45) is 1.94. The van der Waals surface area contributed by atoms with Crippen LogP contribution in [0.5, 0.6) is 0 Å². The van der Waals surface area contributed by atoms with Gasteiger partial charge in [-0.2, -0.15) is 0 Å². The Kier molecular flexibility index (Phi) is 2.44. The summed E-state index contributed by atoms with van der Waals surface area (Å²) >= 11 is 1.48. The molecule has 0 amide bonds. The second kappa shape index (κ2) is 3.96. The zero-order valence-electron chi connectivity index (χ0n) is 9.51. The first-order valence-corrected chi connectivity index (χ1v) is 6.38. The number of aryl methyl sites for hydroxylation is 1. The molecule has 0 N–H and O–H groups in total. The lowest BCUT2D eigenvalue weighted by molar-refractivity contribution is 0.740. The van der Waals surface area contributed by atoms with E-state index in [2.05, 4.69) is 24.0 Å². The number of thiazole rings is 1. The van der Waals surface area contributed by atoms with Crippen molar-refractivity contribution in [2.45, 2.75) is 13.5 Å². The van der Waals surface area contributed by atoms with Gasteiger partial charge in [-0.25, -0.2) is 0 Å². The third-order valence-electron chi connectivity index (χ3n) is 2.83. The molecule has 86 valence electrons. The normalized spacial score (nSPS) is 14.8. The van der Waals surface area contributed by atoms with E-state index in [1.165, 1.54) is 16.9 Å². The molecule has 0 bridgehead atoms. The molecule has 3 rings (SSSR count). The standard InChI is InChI=1S/C13H12N2OS/c1-9-2-4-10(5-3-9)8-11-12(16)15-7-6-14-13(15)17-11/h2-5,8H,6-7H2,1H3/b11-8-. The number of hydrogen-bond donors (Lipinski definition) is 0. The Labute approximate surface area is 102 Å². The van der Waals surface area contributed by atoms with Crippen LogP contribution in [0, 0.1) is 6.92 Å². The van der Waals surface area contributed by atoms with Crippen molar-refractivity contribution in [3.63, 3.8) is 0 Å². The van der Waals surface area contributed by atoms with E-state index >= 15 is 0 Å². The van der Waals surface area contributed by atoms with Gasteiger partial charge < -0.3 is 0 Å². The van der Waals surface area contributed by atoms with Crippen LogP contribution in [0.25, 0.3) is 6.08 Å². The third-order valence-corrected chi connectivity index (χ3v) is 3.88. The van der Waals surface area contributed by atoms with Crippen molar-refractivity contribution in [3.05, 3.63) is 55.1 Å². The molecular weight excluding hydrogens is 232 g/mol. The average molecular weight is 244 g/mol. The van der Waals surface area contributed by atoms with Crippen molar-refractivity contribution in [1.82, 2.24) is 4.57 Å². The SMILES string of the molecule is Cc1ccc(/C=c2\sc3n(c2=O)CCN=3)cc1. The molecule has 0 fully saturated rings. The summed E-state index contributed by atoms with van der Waals surface area (Å²) in [4.78, 5) is 17.2. The van der Waals surface area contributed by atoms with Crippen LogP contribution < -0.4 is 14.9 Å². The smallest absolute Gasteiger partial charge is 0.270 e. The van der Waals surface area contributed by atoms with Crippen LogP contribution in [0.15, 0.2) is 34.1 Å². The van der Waals surface area contributed by atoms with Crippen molar-refractivity contribution >= 4 is 17.4 Å². The van der Waals surface area contributed by atoms with Crippen LogP contribution in [0.4, 0.5) is 0 Å². The summed E-state index contributed by atoms with van der Waals surface area (Å²) in [7, 11) is 0. The molecule has 0 saturated heterocycles. The Morgan fingerprint density at radius 3 is 2.82 bits per heavy atom. The molecule has 2 heterocycles. The molecule has 0 spiro atoms. The number of fused-ring (bicyclic) bond motifs is 1. The quantitative estimate of drug-likeness (QED) is 0.726. The summed E-state index contributed by atoms with van der Waals surface area (Å²) in [5, 5.41) is 0. The van der Waals surface area contributed by atoms with Gasteiger partial charge in [-0.3, -0.25) is 14.4 Å². The van der Waals surface area contributed by atoms with Crippen LogP contribution in [0.2, 0.25) is 0 Å². The van der Waals surface area contributed by atoms with Crippen molar-refractivity contribution in [3.8, 4) is 0 Å². The van der Waals surface area contributed by atoms with Gasteiger partial charge in [-0.15, -0.1) is 0 Å². The molecule has 0 radical (unpaired) electrons. The molecule has 17 heavy (non-hydrogen) atoms. The minimum absolute atomic E-state index is 0.0897. The second-order valence-electron chi connectivity index (χ2n) is 4.14. The van der Waals surface area contributed by atoms with Crippen molar-refractivity contribution in [2.75, 3.05) is 6.54 Å². The van der Waals surface area contributed by atoms with Gasteiger partial charge in [0.1, 0.15) is 0 Å². The predicted octanol–water partition coefficient (Wildman–Crippen LogP) is 0.680. The molecule has 4 heteroatoms. The highest BCUT2D eigenvalue weighted by atomic mass is 32.1. The maximum atomic E-state index is 12.0. The summed E-state index contributed by atoms with van der Waals surface area (Å²) < 4.78 is 2.53. The summed E-state index contributed by atoms with van der Waals surface area (Å²) in [5.41, 5.74) is 2.38. The Morgan fingerprint density at radius 1 is 1.35 bits per heavy atom. The number of benzene rings is 1. The molecule has 0 saturated carbocycles. The lowest BCUT2D eigenvalue weighted by Crippen LogP contribution is -2.29. The molecule has 2 aromatic rings. The lowest BCUT2D eigenvalue weighted by atomic mass is 10.1. The van der Waals surface area contributed by atoms with Gasteiger partial charge in [0.25, 0.3) is 5.56 Å². The largest absolute Gasteiger partial charge is 0.282 e. The van der Waals surface area contributed by atoms with E-state index < -0.39 is 0 Å². The molecular formula is C13H12N2OS. The molecule has 3 nitrogen and oxygen atoms in total. The van der Waals surface area contributed by atoms with Crippen LogP contribution in [-0.2, 0) is 6.54 Å². The molecule has 1 aliphatic rings. The van der Waals surface area contributed by atoms with Crippen LogP contribution in [-0.4, -0.2) is 11.1 Å². The predicted molar refractivity (Wildman–Crippen MR) is 69.0 cm³/mol. The monoisotopic (exact) mass is 244 g/mol. The van der Waals surface area contributed by atoms with Gasteiger partial charge in [0, 0.05) is 6.54 Å². The highest BCUT2D eigenvalue weighted by Gasteiger charge is 2.09. The number of nitrogens with zero attached hydrogens (tertiary/aromatic N) is 2. The Balaban J connectivity index is 2.17. The summed E-state index contributed by atoms with van der Waals surface area (Å²) in [6.45, 7) is 3.52. The summed E-state index contributed by atoms with van der Waals surface area (Å²) in [5.74, 6) is 0. The Morgan fingerprint density at radius 2 is 2.12 bits per heavy atom. The molecule has 0 atom stereocenters. The van der Waals surface area contributed by atoms with Crippen molar-refractivity contribution in [2.24, 2.45) is 4.99 Å². The lowest BCUT2D eigenvalue weighted by Gasteiger charge is -1.93. The van der Waals surface area contributed by atoms with Gasteiger partial charge in [0.05, 0.1) is 11.1 Å². The fourth-order valence-corrected chi connectivity index (χ4v) is 2.91. The zero-order chi connectivity index (χ0) is 11.8. The first kappa shape index (κ1) is 10.5. The zero-order valence-corrected chi connectivity index (χ0v) is 10.3. The van der Waals surface area contributed by atoms with E-state index in [0.29, 0.717) is 0 Å². The molecule has 1 aromatic carbocycles. The topological polar surface area (TPSA) is 34.4 Å². The van der Waals surface area contributed by atoms with Gasteiger partial charge in [-0.05, 0) is 18.6 Å². The van der Waals surface area contributed by atoms with E-state index in [4.69, 9.17) is 0 Å². The van der Waals surface area contributed by atoms with E-state index in [1.54, 1.807) is 4.57 Å². The van der Waals surface area contributed by atoms with E-state index in [-0.39, 0.29) is 5.56 Å². The average Bonchev–Trinajstić information content (AvgIpc) is 2.87. The van der Waals surface area contributed by atoms with Gasteiger partial charge in [0.15, 0.2) is 4.80 Å². The van der Waals surface area contributed by atoms with Gasteiger partial charge in [-0.1, -0.05) is 41.2 Å². The maximum Gasteiger partial charge on any atom is 0.270 e. The minimum atomic E-state index is 0.0897. The first-order valence-electron chi connectivity index (χ1n) is 5.56. The fraction of sp³-hybridized carbons (Fsp3) is 0.231. The summed E-state index contributed by atoms with van der Waals surface area (Å²) in [6, 6.07) is 8.16. The van der Waals surface area contributed by atoms with Gasteiger partial charge in [0.2, 0.25) is 0 Å². The first-order chi connectivity index (χ1) is 8.24. The number of rotatable bonds is 1. The minimum Gasteiger partial charge on any atom is -0.282 e. The highest BCUT2D eigenvalue weighted by molar-refractivity contribution is 7.07. The van der Waals surface area contributed by atoms with E-state index in [1.807, 2.05) is 18.2 Å². The van der Waals surface area contributed by atoms with Crippen LogP contribution >= 0.6 is 11.3 Å². The maximum absolute atomic E-state index is 12.0. The van der Waals surface area contributed by atoms with E-state index in [9.17, 15) is 4.79 Å². The third kappa shape index (κ3) is 1.85. The number of aromatic nitrogens is 1. The van der Waals surface area contributed by atoms with Crippen LogP contribution in [0.3, 0.4) is 0 Å². The highest BCUT2D eigenvalue weighted by Crippen LogP contribution is 2.03. The number of hydrogen-bond acceptors (Lipinski definition) is 3. The second-order valence-corrected chi connectivity index (χ2v) is 5.15. The van der Waals surface area contributed by atoms with Gasteiger partial charge >= 0.3 is 0 Å². The molecule has 1 aromatic heterocycles. The van der Waals surface area contributed by atoms with Crippen molar-refractivity contribution < 1.29 is 0 Å².